The Kier molecular flexibility index (Phi) is 5.52. The lowest BCUT2D eigenvalue weighted by Crippen LogP contribution is -2.36. The van der Waals surface area contributed by atoms with Gasteiger partial charge in [0.15, 0.2) is 11.8 Å². The number of aliphatic hydroxyl groups is 2. The zero-order valence-corrected chi connectivity index (χ0v) is 17.5. The second-order valence-electron chi connectivity index (χ2n) is 7.49. The molecule has 0 bridgehead atoms. The van der Waals surface area contributed by atoms with Gasteiger partial charge in [-0.2, -0.15) is 4.98 Å². The third-order valence-corrected chi connectivity index (χ3v) is 5.72. The molecule has 1 saturated heterocycles. The molecule has 7 nitrogen and oxygen atoms in total. The number of nitrogens with zero attached hydrogens (tertiary/aromatic N) is 2. The molecule has 0 saturated carbocycles. The Morgan fingerprint density at radius 3 is 2.59 bits per heavy atom. The molecule has 3 N–H and O–H groups in total. The fourth-order valence-electron chi connectivity index (χ4n) is 3.72. The van der Waals surface area contributed by atoms with Crippen molar-refractivity contribution in [1.29, 1.82) is 0 Å². The van der Waals surface area contributed by atoms with Crippen LogP contribution in [0.5, 0.6) is 6.01 Å². The summed E-state index contributed by atoms with van der Waals surface area (Å²) in [6.45, 7) is -0.158. The molecule has 0 radical (unpaired) electrons. The van der Waals surface area contributed by atoms with Gasteiger partial charge in [0.1, 0.15) is 18.0 Å². The fraction of sp³-hybridized carbons (Fsp3) is 0.217. The number of hydrogen-bond acceptors (Lipinski definition) is 6. The summed E-state index contributed by atoms with van der Waals surface area (Å²) in [4.78, 5) is 11.9. The van der Waals surface area contributed by atoms with Crippen LogP contribution < -0.4 is 4.74 Å². The Labute approximate surface area is 187 Å². The van der Waals surface area contributed by atoms with Crippen molar-refractivity contribution in [1.82, 2.24) is 15.0 Å². The Balaban J connectivity index is 1.41. The standard InChI is InChI=1S/C23H19ClFN3O4/c24-15-9-17-22(28-23(26-17)32-19-11-31-18(10-29)21(19)30)27-20(15)13-7-5-12(6-8-13)14-3-1-2-4-16(14)25/h1-9,18-19,21,29-30H,10-11H2,(H,26,27,28)/t18-,19-,21-/m1/s1. The molecule has 1 fully saturated rings. The lowest BCUT2D eigenvalue weighted by atomic mass is 10.0. The summed E-state index contributed by atoms with van der Waals surface area (Å²) in [5.74, 6) is -0.287. The number of aliphatic hydroxyl groups excluding tert-OH is 2. The van der Waals surface area contributed by atoms with Gasteiger partial charge in [-0.05, 0) is 17.7 Å². The van der Waals surface area contributed by atoms with Crippen molar-refractivity contribution < 1.29 is 24.1 Å². The van der Waals surface area contributed by atoms with Crippen LogP contribution in [-0.4, -0.2) is 56.7 Å². The summed E-state index contributed by atoms with van der Waals surface area (Å²) in [5, 5.41) is 19.7. The Morgan fingerprint density at radius 1 is 1.12 bits per heavy atom. The van der Waals surface area contributed by atoms with Crippen LogP contribution in [0.3, 0.4) is 0 Å². The van der Waals surface area contributed by atoms with Crippen molar-refractivity contribution in [2.24, 2.45) is 0 Å². The van der Waals surface area contributed by atoms with Gasteiger partial charge in [0.25, 0.3) is 6.01 Å². The van der Waals surface area contributed by atoms with Crippen LogP contribution in [0, 0.1) is 5.82 Å². The third-order valence-electron chi connectivity index (χ3n) is 5.43. The van der Waals surface area contributed by atoms with Crippen molar-refractivity contribution in [2.75, 3.05) is 13.2 Å². The quantitative estimate of drug-likeness (QED) is 0.425. The van der Waals surface area contributed by atoms with Crippen LogP contribution in [0.4, 0.5) is 4.39 Å². The largest absolute Gasteiger partial charge is 0.456 e. The minimum Gasteiger partial charge on any atom is -0.456 e. The molecule has 3 heterocycles. The smallest absolute Gasteiger partial charge is 0.296 e. The van der Waals surface area contributed by atoms with E-state index in [1.54, 1.807) is 24.3 Å². The van der Waals surface area contributed by atoms with E-state index in [0.717, 1.165) is 11.1 Å². The number of aromatic amines is 1. The molecule has 1 aliphatic rings. The van der Waals surface area contributed by atoms with E-state index in [4.69, 9.17) is 21.1 Å². The van der Waals surface area contributed by atoms with Crippen molar-refractivity contribution in [3.63, 3.8) is 0 Å². The first kappa shape index (κ1) is 20.8. The van der Waals surface area contributed by atoms with E-state index in [1.807, 2.05) is 24.3 Å². The molecule has 2 aromatic heterocycles. The highest BCUT2D eigenvalue weighted by molar-refractivity contribution is 6.33. The van der Waals surface area contributed by atoms with Gasteiger partial charge in [-0.25, -0.2) is 9.37 Å². The molecular formula is C23H19ClFN3O4. The molecule has 0 aliphatic carbocycles. The summed E-state index contributed by atoms with van der Waals surface area (Å²) in [6.07, 6.45) is -2.31. The van der Waals surface area contributed by atoms with Crippen molar-refractivity contribution in [3.05, 3.63) is 65.4 Å². The molecular weight excluding hydrogens is 437 g/mol. The minimum absolute atomic E-state index is 0.136. The highest BCUT2D eigenvalue weighted by Crippen LogP contribution is 2.32. The van der Waals surface area contributed by atoms with Gasteiger partial charge < -0.3 is 24.7 Å². The second kappa shape index (κ2) is 8.48. The fourth-order valence-corrected chi connectivity index (χ4v) is 3.98. The zero-order chi connectivity index (χ0) is 22.2. The summed E-state index contributed by atoms with van der Waals surface area (Å²) in [5.41, 5.74) is 3.52. The molecule has 9 heteroatoms. The monoisotopic (exact) mass is 455 g/mol. The van der Waals surface area contributed by atoms with Crippen molar-refractivity contribution >= 4 is 22.8 Å². The maximum Gasteiger partial charge on any atom is 0.296 e. The number of imidazole rings is 1. The molecule has 164 valence electrons. The van der Waals surface area contributed by atoms with E-state index in [-0.39, 0.29) is 25.0 Å². The van der Waals surface area contributed by atoms with Gasteiger partial charge in [0, 0.05) is 11.1 Å². The van der Waals surface area contributed by atoms with Crippen LogP contribution in [0.15, 0.2) is 54.6 Å². The van der Waals surface area contributed by atoms with E-state index in [2.05, 4.69) is 15.0 Å². The third kappa shape index (κ3) is 3.82. The molecule has 0 amide bonds. The lowest BCUT2D eigenvalue weighted by Gasteiger charge is -2.15. The van der Waals surface area contributed by atoms with Crippen molar-refractivity contribution in [2.45, 2.75) is 18.3 Å². The van der Waals surface area contributed by atoms with Crippen LogP contribution in [0.1, 0.15) is 0 Å². The molecule has 0 unspecified atom stereocenters. The van der Waals surface area contributed by atoms with Gasteiger partial charge in [0.05, 0.1) is 29.4 Å². The van der Waals surface area contributed by atoms with Gasteiger partial charge >= 0.3 is 0 Å². The predicted octanol–water partition coefficient (Wildman–Crippen LogP) is 3.58. The molecule has 32 heavy (non-hydrogen) atoms. The van der Waals surface area contributed by atoms with Crippen molar-refractivity contribution in [3.8, 4) is 28.4 Å². The van der Waals surface area contributed by atoms with Crippen LogP contribution >= 0.6 is 11.6 Å². The van der Waals surface area contributed by atoms with Gasteiger partial charge in [-0.15, -0.1) is 0 Å². The van der Waals surface area contributed by atoms with Crippen LogP contribution in [0.25, 0.3) is 33.5 Å². The van der Waals surface area contributed by atoms with Gasteiger partial charge in [-0.3, -0.25) is 0 Å². The topological polar surface area (TPSA) is 100 Å². The van der Waals surface area contributed by atoms with Gasteiger partial charge in [0.2, 0.25) is 0 Å². The first-order valence-corrected chi connectivity index (χ1v) is 10.4. The summed E-state index contributed by atoms with van der Waals surface area (Å²) < 4.78 is 25.0. The summed E-state index contributed by atoms with van der Waals surface area (Å²) in [7, 11) is 0. The number of ether oxygens (including phenoxy) is 2. The highest BCUT2D eigenvalue weighted by Gasteiger charge is 2.37. The summed E-state index contributed by atoms with van der Waals surface area (Å²) in [6, 6.07) is 15.7. The number of H-pyrrole nitrogens is 1. The molecule has 2 aromatic carbocycles. The zero-order valence-electron chi connectivity index (χ0n) is 16.7. The predicted molar refractivity (Wildman–Crippen MR) is 117 cm³/mol. The Morgan fingerprint density at radius 2 is 1.88 bits per heavy atom. The first-order chi connectivity index (χ1) is 15.5. The van der Waals surface area contributed by atoms with Crippen LogP contribution in [0.2, 0.25) is 5.02 Å². The average molecular weight is 456 g/mol. The average Bonchev–Trinajstić information content (AvgIpc) is 3.36. The van der Waals surface area contributed by atoms with E-state index in [1.165, 1.54) is 6.07 Å². The number of aromatic nitrogens is 3. The normalized spacial score (nSPS) is 20.7. The number of benzene rings is 2. The van der Waals surface area contributed by atoms with Crippen LogP contribution in [-0.2, 0) is 4.74 Å². The molecule has 4 aromatic rings. The van der Waals surface area contributed by atoms with E-state index >= 15 is 0 Å². The second-order valence-corrected chi connectivity index (χ2v) is 7.90. The number of hydrogen-bond donors (Lipinski definition) is 3. The molecule has 1 aliphatic heterocycles. The number of pyridine rings is 1. The van der Waals surface area contributed by atoms with E-state index in [0.29, 0.717) is 27.4 Å². The minimum atomic E-state index is -0.965. The summed E-state index contributed by atoms with van der Waals surface area (Å²) >= 11 is 6.46. The molecule has 0 spiro atoms. The number of fused-ring (bicyclic) bond motifs is 1. The van der Waals surface area contributed by atoms with E-state index in [9.17, 15) is 14.6 Å². The number of halogens is 2. The number of rotatable bonds is 5. The first-order valence-electron chi connectivity index (χ1n) is 10.0. The lowest BCUT2D eigenvalue weighted by molar-refractivity contribution is -0.00390. The molecule has 3 atom stereocenters. The van der Waals surface area contributed by atoms with Gasteiger partial charge in [-0.1, -0.05) is 54.1 Å². The Bertz CT molecular complexity index is 1260. The SMILES string of the molecule is OC[C@H]1OC[C@@H](Oc2nc3nc(-c4ccc(-c5ccccc5F)cc4)c(Cl)cc3[nH]2)[C@@H]1O. The number of nitrogens with one attached hydrogen (secondary N) is 1. The highest BCUT2D eigenvalue weighted by atomic mass is 35.5. The maximum atomic E-state index is 14.1. The molecule has 5 rings (SSSR count). The Hall–Kier alpha value is -3.04. The maximum absolute atomic E-state index is 14.1. The van der Waals surface area contributed by atoms with E-state index < -0.39 is 18.3 Å².